The summed E-state index contributed by atoms with van der Waals surface area (Å²) in [5.74, 6) is 0. The molecule has 0 spiro atoms. The highest BCUT2D eigenvalue weighted by Gasteiger charge is 2.34. The molecule has 1 aliphatic rings. The zero-order valence-corrected chi connectivity index (χ0v) is 14.2. The lowest BCUT2D eigenvalue weighted by Gasteiger charge is -2.29. The maximum atomic E-state index is 2.44. The monoisotopic (exact) mass is 314 g/mol. The summed E-state index contributed by atoms with van der Waals surface area (Å²) in [4.78, 5) is 3.09. The molecule has 0 saturated heterocycles. The van der Waals surface area contributed by atoms with Crippen LogP contribution in [0.15, 0.2) is 82.6 Å². The Morgan fingerprint density at radius 1 is 0.609 bits per heavy atom. The molecule has 0 aliphatic carbocycles. The van der Waals surface area contributed by atoms with Crippen LogP contribution in [0.25, 0.3) is 32.7 Å². The lowest BCUT2D eigenvalue weighted by Crippen LogP contribution is -1.93. The smallest absolute Gasteiger partial charge is 0.00944 e. The second-order valence-corrected chi connectivity index (χ2v) is 10.2. The van der Waals surface area contributed by atoms with Crippen molar-refractivity contribution in [2.45, 2.75) is 9.79 Å². The molecule has 4 aromatic rings. The third-order valence-corrected chi connectivity index (χ3v) is 8.00. The molecule has 0 bridgehead atoms. The van der Waals surface area contributed by atoms with E-state index in [4.69, 9.17) is 0 Å². The van der Waals surface area contributed by atoms with Gasteiger partial charge in [0.1, 0.15) is 0 Å². The van der Waals surface area contributed by atoms with Crippen molar-refractivity contribution in [1.29, 1.82) is 0 Å². The Kier molecular flexibility index (Phi) is 2.52. The summed E-state index contributed by atoms with van der Waals surface area (Å²) in [6.45, 7) is 0. The fourth-order valence-electron chi connectivity index (χ4n) is 4.05. The standard InChI is InChI=1S/C22H18S/c1-23(2)20-14-12-15-7-3-5-9-17(15)21(20)19-13-11-16-8-4-6-10-18(16)22(19)23/h3-14H,1-2H3. The summed E-state index contributed by atoms with van der Waals surface area (Å²) >= 11 is 0. The van der Waals surface area contributed by atoms with Crippen LogP contribution in [0.3, 0.4) is 0 Å². The Hall–Kier alpha value is -2.25. The van der Waals surface area contributed by atoms with E-state index in [0.29, 0.717) is 0 Å². The van der Waals surface area contributed by atoms with E-state index in [9.17, 15) is 0 Å². The number of hydrogen-bond donors (Lipinski definition) is 0. The normalized spacial score (nSPS) is 16.3. The Labute approximate surface area is 138 Å². The van der Waals surface area contributed by atoms with Gasteiger partial charge in [-0.1, -0.05) is 66.7 Å². The highest BCUT2D eigenvalue weighted by atomic mass is 32.3. The Morgan fingerprint density at radius 2 is 1.22 bits per heavy atom. The summed E-state index contributed by atoms with van der Waals surface area (Å²) in [5, 5.41) is 5.50. The molecule has 0 atom stereocenters. The molecule has 1 heteroatoms. The van der Waals surface area contributed by atoms with Crippen molar-refractivity contribution in [3.05, 3.63) is 72.8 Å². The Bertz CT molecular complexity index is 1090. The fraction of sp³-hybridized carbons (Fsp3) is 0.0909. The average Bonchev–Trinajstić information content (AvgIpc) is 2.83. The highest BCUT2D eigenvalue weighted by Crippen LogP contribution is 2.69. The molecule has 23 heavy (non-hydrogen) atoms. The summed E-state index contributed by atoms with van der Waals surface area (Å²) in [7, 11) is -0.983. The van der Waals surface area contributed by atoms with Gasteiger partial charge in [0.15, 0.2) is 0 Å². The first-order valence-corrected chi connectivity index (χ1v) is 10.4. The van der Waals surface area contributed by atoms with Crippen molar-refractivity contribution in [3.8, 4) is 11.1 Å². The zero-order chi connectivity index (χ0) is 15.6. The minimum absolute atomic E-state index is 0.983. The minimum atomic E-state index is -0.983. The number of rotatable bonds is 0. The van der Waals surface area contributed by atoms with Gasteiger partial charge in [-0.3, -0.25) is 0 Å². The number of hydrogen-bond acceptors (Lipinski definition) is 0. The van der Waals surface area contributed by atoms with Crippen LogP contribution in [0.2, 0.25) is 0 Å². The molecule has 112 valence electrons. The summed E-state index contributed by atoms with van der Waals surface area (Å²) in [6, 6.07) is 26.9. The SMILES string of the molecule is CS1(C)c2ccc3ccccc3c2-c2ccc3ccccc3c21. The molecular weight excluding hydrogens is 296 g/mol. The molecule has 0 nitrogen and oxygen atoms in total. The van der Waals surface area contributed by atoms with Crippen molar-refractivity contribution in [2.24, 2.45) is 0 Å². The van der Waals surface area contributed by atoms with Gasteiger partial charge in [0.25, 0.3) is 0 Å². The average molecular weight is 314 g/mol. The van der Waals surface area contributed by atoms with E-state index < -0.39 is 10.0 Å². The zero-order valence-electron chi connectivity index (χ0n) is 13.3. The van der Waals surface area contributed by atoms with Crippen molar-refractivity contribution in [2.75, 3.05) is 12.5 Å². The molecule has 0 aromatic heterocycles. The van der Waals surface area contributed by atoms with Gasteiger partial charge in [-0.05, 0) is 45.7 Å². The lowest BCUT2D eigenvalue weighted by molar-refractivity contribution is 1.50. The van der Waals surface area contributed by atoms with E-state index in [0.717, 1.165) is 0 Å². The first-order chi connectivity index (χ1) is 11.2. The largest absolute Gasteiger partial charge is 0.192 e. The van der Waals surface area contributed by atoms with Crippen LogP contribution in [0.4, 0.5) is 0 Å². The Morgan fingerprint density at radius 3 is 2.00 bits per heavy atom. The van der Waals surface area contributed by atoms with E-state index in [1.54, 1.807) is 4.90 Å². The van der Waals surface area contributed by atoms with Crippen molar-refractivity contribution in [3.63, 3.8) is 0 Å². The summed E-state index contributed by atoms with van der Waals surface area (Å²) in [6.07, 6.45) is 4.89. The van der Waals surface area contributed by atoms with Crippen LogP contribution in [-0.4, -0.2) is 12.5 Å². The van der Waals surface area contributed by atoms with Gasteiger partial charge in [-0.2, -0.15) is 10.0 Å². The van der Waals surface area contributed by atoms with Gasteiger partial charge in [0.05, 0.1) is 0 Å². The third-order valence-electron chi connectivity index (χ3n) is 5.10. The van der Waals surface area contributed by atoms with E-state index in [-0.39, 0.29) is 0 Å². The van der Waals surface area contributed by atoms with Gasteiger partial charge in [0, 0.05) is 15.4 Å². The molecule has 4 aromatic carbocycles. The van der Waals surface area contributed by atoms with Crippen LogP contribution in [-0.2, 0) is 0 Å². The van der Waals surface area contributed by atoms with E-state index in [2.05, 4.69) is 85.3 Å². The number of fused-ring (bicyclic) bond motifs is 7. The first kappa shape index (κ1) is 13.2. The van der Waals surface area contributed by atoms with E-state index >= 15 is 0 Å². The topological polar surface area (TPSA) is 0 Å². The summed E-state index contributed by atoms with van der Waals surface area (Å²) < 4.78 is 0. The molecule has 0 radical (unpaired) electrons. The third kappa shape index (κ3) is 1.63. The van der Waals surface area contributed by atoms with Crippen LogP contribution in [0, 0.1) is 0 Å². The molecule has 0 N–H and O–H groups in total. The maximum absolute atomic E-state index is 2.44. The van der Waals surface area contributed by atoms with E-state index in [1.165, 1.54) is 37.6 Å². The van der Waals surface area contributed by atoms with Gasteiger partial charge in [0.2, 0.25) is 0 Å². The number of benzene rings is 4. The van der Waals surface area contributed by atoms with Gasteiger partial charge >= 0.3 is 0 Å². The molecule has 1 heterocycles. The van der Waals surface area contributed by atoms with Gasteiger partial charge in [-0.15, -0.1) is 0 Å². The molecule has 0 saturated carbocycles. The molecule has 0 unspecified atom stereocenters. The second-order valence-electron chi connectivity index (χ2n) is 6.65. The van der Waals surface area contributed by atoms with Gasteiger partial charge < -0.3 is 0 Å². The van der Waals surface area contributed by atoms with Crippen LogP contribution >= 0.6 is 10.0 Å². The van der Waals surface area contributed by atoms with Gasteiger partial charge in [-0.25, -0.2) is 0 Å². The predicted molar refractivity (Wildman–Crippen MR) is 103 cm³/mol. The molecule has 0 amide bonds. The Balaban J connectivity index is 2.01. The van der Waals surface area contributed by atoms with Crippen LogP contribution < -0.4 is 0 Å². The molecule has 5 rings (SSSR count). The molecule has 1 aliphatic heterocycles. The van der Waals surface area contributed by atoms with Crippen LogP contribution in [0.5, 0.6) is 0 Å². The molecule has 0 fully saturated rings. The lowest BCUT2D eigenvalue weighted by atomic mass is 9.96. The highest BCUT2D eigenvalue weighted by molar-refractivity contribution is 8.33. The van der Waals surface area contributed by atoms with Crippen LogP contribution in [0.1, 0.15) is 0 Å². The fourth-order valence-corrected chi connectivity index (χ4v) is 6.87. The summed E-state index contributed by atoms with van der Waals surface area (Å²) in [5.41, 5.74) is 2.90. The molecular formula is C22H18S. The maximum Gasteiger partial charge on any atom is 0.00944 e. The van der Waals surface area contributed by atoms with Crippen molar-refractivity contribution < 1.29 is 0 Å². The van der Waals surface area contributed by atoms with Crippen molar-refractivity contribution in [1.82, 2.24) is 0 Å². The predicted octanol–water partition coefficient (Wildman–Crippen LogP) is 6.46. The quantitative estimate of drug-likeness (QED) is 0.349. The second kappa shape index (κ2) is 4.39. The van der Waals surface area contributed by atoms with E-state index in [1.807, 2.05) is 0 Å². The van der Waals surface area contributed by atoms with Crippen molar-refractivity contribution >= 4 is 31.6 Å². The first-order valence-electron chi connectivity index (χ1n) is 7.95. The minimum Gasteiger partial charge on any atom is -0.192 e.